The standard InChI is InChI=1S/C45H42NSi2/c1-31-19-7-13-25-37(31)43-44(38-26-14-8-20-32(38)2)46-47(40-28-16-10-22-34(40)4)48(41-29-17-11-23-35(41)5,42-30-18-12-24-36(42)6)45(43)39-27-15-9-21-33(39)3/h7-30H,1-6H3. The Morgan fingerprint density at radius 3 is 1.27 bits per heavy atom. The Morgan fingerprint density at radius 2 is 0.792 bits per heavy atom. The molecule has 0 spiro atoms. The first kappa shape index (κ1) is 31.7. The molecule has 0 aromatic heterocycles. The summed E-state index contributed by atoms with van der Waals surface area (Å²) in [5.41, 5.74) is 14.1. The van der Waals surface area contributed by atoms with Gasteiger partial charge in [-0.25, -0.2) is 0 Å². The quantitative estimate of drug-likeness (QED) is 0.160. The zero-order valence-electron chi connectivity index (χ0n) is 28.8. The Bertz CT molecular complexity index is 2180. The third kappa shape index (κ3) is 5.19. The third-order valence-electron chi connectivity index (χ3n) is 10.2. The van der Waals surface area contributed by atoms with Crippen LogP contribution in [0.4, 0.5) is 0 Å². The molecule has 0 unspecified atom stereocenters. The van der Waals surface area contributed by atoms with Crippen LogP contribution >= 0.6 is 0 Å². The van der Waals surface area contributed by atoms with Crippen LogP contribution in [0.5, 0.6) is 0 Å². The van der Waals surface area contributed by atoms with Gasteiger partial charge in [0.2, 0.25) is 8.48 Å². The second-order valence-corrected chi connectivity index (χ2v) is 21.4. The van der Waals surface area contributed by atoms with E-state index in [-0.39, 0.29) is 0 Å². The molecule has 0 saturated heterocycles. The molecule has 3 heteroatoms. The molecule has 0 fully saturated rings. The summed E-state index contributed by atoms with van der Waals surface area (Å²) < 4.78 is 6.26. The molecule has 0 atom stereocenters. The van der Waals surface area contributed by atoms with Gasteiger partial charge in [-0.05, 0) is 90.1 Å². The first-order chi connectivity index (χ1) is 23.3. The highest BCUT2D eigenvalue weighted by Crippen LogP contribution is 2.44. The van der Waals surface area contributed by atoms with E-state index in [1.807, 2.05) is 0 Å². The van der Waals surface area contributed by atoms with Gasteiger partial charge in [0.25, 0.3) is 0 Å². The second-order valence-electron chi connectivity index (χ2n) is 13.2. The van der Waals surface area contributed by atoms with Crippen LogP contribution in [0.25, 0.3) is 10.8 Å². The lowest BCUT2D eigenvalue weighted by molar-refractivity contribution is 1.40. The zero-order valence-corrected chi connectivity index (χ0v) is 30.8. The van der Waals surface area contributed by atoms with E-state index in [0.29, 0.717) is 0 Å². The molecular weight excluding hydrogens is 611 g/mol. The molecule has 1 radical (unpaired) electrons. The Kier molecular flexibility index (Phi) is 8.59. The van der Waals surface area contributed by atoms with Crippen LogP contribution < -0.4 is 15.6 Å². The molecule has 0 saturated carbocycles. The summed E-state index contributed by atoms with van der Waals surface area (Å²) in [6.45, 7) is 13.7. The van der Waals surface area contributed by atoms with Gasteiger partial charge in [-0.15, -0.1) is 0 Å². The number of allylic oxidation sites excluding steroid dienone is 1. The first-order valence-electron chi connectivity index (χ1n) is 16.9. The van der Waals surface area contributed by atoms with Crippen molar-refractivity contribution in [3.05, 3.63) is 196 Å². The lowest BCUT2D eigenvalue weighted by atomic mass is 9.89. The fourth-order valence-corrected chi connectivity index (χ4v) is 22.2. The smallest absolute Gasteiger partial charge is 0.234 e. The zero-order chi connectivity index (χ0) is 33.4. The Balaban J connectivity index is 1.83. The second kappa shape index (κ2) is 13.0. The number of benzene rings is 6. The van der Waals surface area contributed by atoms with E-state index in [4.69, 9.17) is 4.66 Å². The number of aryl methyl sites for hydroxylation is 6. The number of hydrogen-bond acceptors (Lipinski definition) is 1. The maximum atomic E-state index is 6.26. The molecule has 0 bridgehead atoms. The molecule has 1 heterocycles. The topological polar surface area (TPSA) is 12.4 Å². The van der Waals surface area contributed by atoms with Crippen LogP contribution in [0.3, 0.4) is 0 Å². The highest BCUT2D eigenvalue weighted by atomic mass is 29.2. The van der Waals surface area contributed by atoms with E-state index in [1.54, 1.807) is 0 Å². The average molecular weight is 653 g/mol. The van der Waals surface area contributed by atoms with Crippen molar-refractivity contribution in [2.75, 3.05) is 0 Å². The summed E-state index contributed by atoms with van der Waals surface area (Å²) in [6, 6.07) is 54.4. The van der Waals surface area contributed by atoms with E-state index in [0.717, 1.165) is 5.71 Å². The van der Waals surface area contributed by atoms with Gasteiger partial charge in [0.1, 0.15) is 0 Å². The summed E-state index contributed by atoms with van der Waals surface area (Å²) in [4.78, 5) is 0. The van der Waals surface area contributed by atoms with Gasteiger partial charge in [0.05, 0.1) is 5.71 Å². The van der Waals surface area contributed by atoms with Crippen LogP contribution in [0.15, 0.2) is 150 Å². The Hall–Kier alpha value is -4.84. The summed E-state index contributed by atoms with van der Waals surface area (Å²) in [7, 11) is -4.70. The van der Waals surface area contributed by atoms with Crippen molar-refractivity contribution in [1.82, 2.24) is 0 Å². The molecule has 1 nitrogen and oxygen atoms in total. The van der Waals surface area contributed by atoms with E-state index >= 15 is 0 Å². The minimum Gasteiger partial charge on any atom is -0.317 e. The highest BCUT2D eigenvalue weighted by Gasteiger charge is 2.57. The van der Waals surface area contributed by atoms with Crippen molar-refractivity contribution in [2.24, 2.45) is 4.66 Å². The van der Waals surface area contributed by atoms with Crippen molar-refractivity contribution in [2.45, 2.75) is 41.5 Å². The van der Waals surface area contributed by atoms with Crippen molar-refractivity contribution in [3.63, 3.8) is 0 Å². The molecule has 0 N–H and O–H groups in total. The summed E-state index contributed by atoms with van der Waals surface area (Å²) in [5, 5.41) is 5.83. The number of hydrogen-bond donors (Lipinski definition) is 0. The van der Waals surface area contributed by atoms with E-state index in [1.165, 1.54) is 76.4 Å². The fraction of sp³-hybridized carbons (Fsp3) is 0.133. The lowest BCUT2D eigenvalue weighted by Gasteiger charge is -2.46. The molecule has 0 aliphatic carbocycles. The molecule has 6 aromatic rings. The van der Waals surface area contributed by atoms with E-state index in [9.17, 15) is 0 Å². The van der Waals surface area contributed by atoms with Gasteiger partial charge in [0, 0.05) is 11.1 Å². The lowest BCUT2D eigenvalue weighted by Crippen LogP contribution is -2.75. The molecule has 0 amide bonds. The maximum absolute atomic E-state index is 6.26. The maximum Gasteiger partial charge on any atom is 0.234 e. The molecule has 7 rings (SSSR count). The van der Waals surface area contributed by atoms with Crippen LogP contribution in [-0.4, -0.2) is 21.8 Å². The monoisotopic (exact) mass is 652 g/mol. The van der Waals surface area contributed by atoms with Gasteiger partial charge in [-0.1, -0.05) is 162 Å². The predicted molar refractivity (Wildman–Crippen MR) is 211 cm³/mol. The van der Waals surface area contributed by atoms with E-state index in [2.05, 4.69) is 187 Å². The SMILES string of the molecule is Cc1ccccc1C1=N[Si](c2ccccc2C)[Si](c2ccccc2C)(c2ccccc2C)C(c2ccccc2C)=C1c1ccccc1C. The average Bonchev–Trinajstić information content (AvgIpc) is 3.09. The Morgan fingerprint density at radius 1 is 0.396 bits per heavy atom. The van der Waals surface area contributed by atoms with Crippen LogP contribution in [0.1, 0.15) is 50.1 Å². The van der Waals surface area contributed by atoms with Gasteiger partial charge >= 0.3 is 0 Å². The first-order valence-corrected chi connectivity index (χ1v) is 21.4. The van der Waals surface area contributed by atoms with Crippen molar-refractivity contribution < 1.29 is 0 Å². The minimum atomic E-state index is -2.99. The summed E-state index contributed by atoms with van der Waals surface area (Å²) in [5.74, 6) is 0. The van der Waals surface area contributed by atoms with Gasteiger partial charge in [0.15, 0.2) is 7.59 Å². The molecular formula is C45H42NSi2. The predicted octanol–water partition coefficient (Wildman–Crippen LogP) is 8.73. The van der Waals surface area contributed by atoms with Crippen LogP contribution in [-0.2, 0) is 0 Å². The van der Waals surface area contributed by atoms with E-state index < -0.39 is 16.1 Å². The molecule has 1 aliphatic heterocycles. The third-order valence-corrected chi connectivity index (χ3v) is 22.0. The number of rotatable bonds is 6. The summed E-state index contributed by atoms with van der Waals surface area (Å²) in [6.07, 6.45) is 0. The van der Waals surface area contributed by atoms with Crippen LogP contribution in [0.2, 0.25) is 0 Å². The highest BCUT2D eigenvalue weighted by molar-refractivity contribution is 7.55. The summed E-state index contributed by atoms with van der Waals surface area (Å²) >= 11 is 0. The molecule has 1 aliphatic rings. The normalized spacial score (nSPS) is 14.6. The molecule has 235 valence electrons. The van der Waals surface area contributed by atoms with Gasteiger partial charge in [-0.2, -0.15) is 0 Å². The van der Waals surface area contributed by atoms with Crippen molar-refractivity contribution in [1.29, 1.82) is 0 Å². The Labute approximate surface area is 288 Å². The fourth-order valence-electron chi connectivity index (χ4n) is 7.77. The number of nitrogens with zero attached hydrogens (tertiary/aromatic N) is 1. The van der Waals surface area contributed by atoms with Gasteiger partial charge in [-0.3, -0.25) is 0 Å². The van der Waals surface area contributed by atoms with Crippen LogP contribution in [0, 0.1) is 41.5 Å². The largest absolute Gasteiger partial charge is 0.317 e. The van der Waals surface area contributed by atoms with Crippen molar-refractivity contribution in [3.8, 4) is 0 Å². The molecule has 6 aromatic carbocycles. The van der Waals surface area contributed by atoms with Gasteiger partial charge < -0.3 is 4.66 Å². The molecule has 48 heavy (non-hydrogen) atoms. The minimum absolute atomic E-state index is 1.13. The van der Waals surface area contributed by atoms with Crippen molar-refractivity contribution >= 4 is 48.1 Å².